The largest absolute Gasteiger partial charge is 0.356 e. The molecule has 0 radical (unpaired) electrons. The van der Waals surface area contributed by atoms with Crippen molar-refractivity contribution in [3.8, 4) is 0 Å². The van der Waals surface area contributed by atoms with Crippen molar-refractivity contribution in [1.29, 1.82) is 0 Å². The van der Waals surface area contributed by atoms with Crippen LogP contribution in [-0.4, -0.2) is 38.3 Å². The van der Waals surface area contributed by atoms with Crippen LogP contribution >= 0.6 is 11.6 Å². The van der Waals surface area contributed by atoms with Gasteiger partial charge >= 0.3 is 0 Å². The number of carbonyl (C=O) groups excluding carboxylic acids is 1. The summed E-state index contributed by atoms with van der Waals surface area (Å²) in [4.78, 5) is 12.5. The van der Waals surface area contributed by atoms with Gasteiger partial charge in [-0.25, -0.2) is 8.42 Å². The van der Waals surface area contributed by atoms with E-state index < -0.39 is 10.0 Å². The fourth-order valence-electron chi connectivity index (χ4n) is 5.03. The zero-order valence-electron chi connectivity index (χ0n) is 16.4. The van der Waals surface area contributed by atoms with Gasteiger partial charge in [-0.3, -0.25) is 4.79 Å². The number of halogens is 1. The van der Waals surface area contributed by atoms with Gasteiger partial charge in [0.1, 0.15) is 0 Å². The maximum Gasteiger partial charge on any atom is 0.243 e. The van der Waals surface area contributed by atoms with E-state index in [9.17, 15) is 13.2 Å². The summed E-state index contributed by atoms with van der Waals surface area (Å²) >= 11 is 6.02. The quantitative estimate of drug-likeness (QED) is 0.782. The molecular formula is C21H29ClN2O3S. The van der Waals surface area contributed by atoms with Gasteiger partial charge in [-0.1, -0.05) is 30.9 Å². The summed E-state index contributed by atoms with van der Waals surface area (Å²) < 4.78 is 28.4. The first-order chi connectivity index (χ1) is 13.3. The molecule has 4 rings (SSSR count). The number of nitrogens with zero attached hydrogens (tertiary/aromatic N) is 1. The molecule has 1 aliphatic heterocycles. The molecule has 0 aromatic heterocycles. The molecule has 0 bridgehead atoms. The number of hydrogen-bond acceptors (Lipinski definition) is 3. The molecule has 1 unspecified atom stereocenters. The highest BCUT2D eigenvalue weighted by Crippen LogP contribution is 2.48. The van der Waals surface area contributed by atoms with E-state index in [2.05, 4.69) is 5.32 Å². The van der Waals surface area contributed by atoms with Crippen molar-refractivity contribution in [3.05, 3.63) is 28.8 Å². The second-order valence-electron chi connectivity index (χ2n) is 8.85. The Kier molecular flexibility index (Phi) is 5.49. The maximum atomic E-state index is 13.4. The van der Waals surface area contributed by atoms with Crippen LogP contribution in [0.15, 0.2) is 23.1 Å². The number of aryl methyl sites for hydroxylation is 1. The summed E-state index contributed by atoms with van der Waals surface area (Å²) in [7, 11) is -3.57. The zero-order valence-corrected chi connectivity index (χ0v) is 18.0. The lowest BCUT2D eigenvalue weighted by molar-refractivity contribution is -0.122. The highest BCUT2D eigenvalue weighted by molar-refractivity contribution is 7.89. The van der Waals surface area contributed by atoms with E-state index in [0.717, 1.165) is 38.5 Å². The Hall–Kier alpha value is -1.11. The van der Waals surface area contributed by atoms with Gasteiger partial charge in [-0.05, 0) is 67.7 Å². The zero-order chi connectivity index (χ0) is 19.9. The van der Waals surface area contributed by atoms with Crippen LogP contribution in [0.5, 0.6) is 0 Å². The standard InChI is InChI=1S/C21H29ClN2O3S/c1-15-11-18(22)7-8-19(15)28(26,27)24-13-17(12-23-20(25)16-5-6-16)21(14-24)9-3-2-4-10-21/h7-8,11,16-17H,2-6,9-10,12-14H2,1H3,(H,23,25). The van der Waals surface area contributed by atoms with E-state index in [1.807, 2.05) is 0 Å². The molecular weight excluding hydrogens is 396 g/mol. The van der Waals surface area contributed by atoms with Gasteiger partial charge in [-0.2, -0.15) is 4.31 Å². The van der Waals surface area contributed by atoms with Gasteiger partial charge in [0.15, 0.2) is 0 Å². The molecule has 7 heteroatoms. The molecule has 2 saturated carbocycles. The minimum absolute atomic E-state index is 0.0114. The molecule has 3 aliphatic rings. The third kappa shape index (κ3) is 3.83. The second kappa shape index (κ2) is 7.62. The average Bonchev–Trinajstić information content (AvgIpc) is 3.44. The Morgan fingerprint density at radius 2 is 1.96 bits per heavy atom. The first kappa shape index (κ1) is 20.2. The van der Waals surface area contributed by atoms with E-state index in [4.69, 9.17) is 11.6 Å². The van der Waals surface area contributed by atoms with Crippen LogP contribution in [0, 0.1) is 24.2 Å². The number of nitrogens with one attached hydrogen (secondary N) is 1. The Balaban J connectivity index is 1.57. The third-order valence-electron chi connectivity index (χ3n) is 6.86. The normalized spacial score (nSPS) is 25.1. The fourth-order valence-corrected chi connectivity index (χ4v) is 7.04. The maximum absolute atomic E-state index is 13.4. The predicted molar refractivity (Wildman–Crippen MR) is 110 cm³/mol. The number of amides is 1. The van der Waals surface area contributed by atoms with Crippen molar-refractivity contribution in [2.24, 2.45) is 17.3 Å². The summed E-state index contributed by atoms with van der Waals surface area (Å²) in [5, 5.41) is 3.65. The second-order valence-corrected chi connectivity index (χ2v) is 11.2. The van der Waals surface area contributed by atoms with E-state index in [0.29, 0.717) is 35.1 Å². The Morgan fingerprint density at radius 1 is 1.25 bits per heavy atom. The molecule has 1 aromatic carbocycles. The topological polar surface area (TPSA) is 66.5 Å². The van der Waals surface area contributed by atoms with E-state index >= 15 is 0 Å². The summed E-state index contributed by atoms with van der Waals surface area (Å²) in [6.07, 6.45) is 7.55. The summed E-state index contributed by atoms with van der Waals surface area (Å²) in [5.41, 5.74) is 0.665. The SMILES string of the molecule is Cc1cc(Cl)ccc1S(=O)(=O)N1CC(CNC(=O)C2CC2)C2(CCCCC2)C1. The monoisotopic (exact) mass is 424 g/mol. The highest BCUT2D eigenvalue weighted by atomic mass is 35.5. The van der Waals surface area contributed by atoms with Gasteiger partial charge in [0.05, 0.1) is 4.90 Å². The van der Waals surface area contributed by atoms with Gasteiger partial charge < -0.3 is 5.32 Å². The Bertz CT molecular complexity index is 860. The van der Waals surface area contributed by atoms with Gasteiger partial charge in [0.25, 0.3) is 0 Å². The lowest BCUT2D eigenvalue weighted by Gasteiger charge is -2.38. The summed E-state index contributed by atoms with van der Waals surface area (Å²) in [6, 6.07) is 4.96. The molecule has 5 nitrogen and oxygen atoms in total. The average molecular weight is 425 g/mol. The first-order valence-corrected chi connectivity index (χ1v) is 12.2. The van der Waals surface area contributed by atoms with E-state index in [1.54, 1.807) is 29.4 Å². The molecule has 1 amide bonds. The lowest BCUT2D eigenvalue weighted by atomic mass is 9.68. The molecule has 1 heterocycles. The number of benzene rings is 1. The molecule has 3 fully saturated rings. The lowest BCUT2D eigenvalue weighted by Crippen LogP contribution is -2.40. The predicted octanol–water partition coefficient (Wildman–Crippen LogP) is 3.75. The van der Waals surface area contributed by atoms with Crippen LogP contribution in [0.25, 0.3) is 0 Å². The molecule has 2 aliphatic carbocycles. The smallest absolute Gasteiger partial charge is 0.243 e. The third-order valence-corrected chi connectivity index (χ3v) is 9.06. The molecule has 154 valence electrons. The van der Waals surface area contributed by atoms with Gasteiger partial charge in [0.2, 0.25) is 15.9 Å². The van der Waals surface area contributed by atoms with Crippen LogP contribution in [-0.2, 0) is 14.8 Å². The molecule has 1 N–H and O–H groups in total. The Labute approximate surface area is 172 Å². The van der Waals surface area contributed by atoms with Crippen LogP contribution in [0.1, 0.15) is 50.5 Å². The van der Waals surface area contributed by atoms with Crippen molar-refractivity contribution < 1.29 is 13.2 Å². The summed E-state index contributed by atoms with van der Waals surface area (Å²) in [6.45, 7) is 3.41. The number of carbonyl (C=O) groups is 1. The first-order valence-electron chi connectivity index (χ1n) is 10.4. The highest BCUT2D eigenvalue weighted by Gasteiger charge is 2.50. The van der Waals surface area contributed by atoms with Gasteiger partial charge in [0, 0.05) is 30.6 Å². The van der Waals surface area contributed by atoms with Crippen LogP contribution in [0.2, 0.25) is 5.02 Å². The molecule has 1 atom stereocenters. The van der Waals surface area contributed by atoms with Crippen molar-refractivity contribution in [1.82, 2.24) is 9.62 Å². The van der Waals surface area contributed by atoms with E-state index in [-0.39, 0.29) is 23.2 Å². The molecule has 28 heavy (non-hydrogen) atoms. The Morgan fingerprint density at radius 3 is 2.61 bits per heavy atom. The van der Waals surface area contributed by atoms with Gasteiger partial charge in [-0.15, -0.1) is 0 Å². The molecule has 1 aromatic rings. The van der Waals surface area contributed by atoms with Crippen LogP contribution in [0.4, 0.5) is 0 Å². The van der Waals surface area contributed by atoms with E-state index in [1.165, 1.54) is 6.42 Å². The summed E-state index contributed by atoms with van der Waals surface area (Å²) in [5.74, 6) is 0.499. The minimum atomic E-state index is -3.57. The number of rotatable bonds is 5. The van der Waals surface area contributed by atoms with Crippen molar-refractivity contribution >= 4 is 27.5 Å². The fraction of sp³-hybridized carbons (Fsp3) is 0.667. The number of sulfonamides is 1. The van der Waals surface area contributed by atoms with Crippen LogP contribution < -0.4 is 5.32 Å². The molecule has 1 saturated heterocycles. The number of hydrogen-bond donors (Lipinski definition) is 1. The van der Waals surface area contributed by atoms with Crippen LogP contribution in [0.3, 0.4) is 0 Å². The van der Waals surface area contributed by atoms with Crippen molar-refractivity contribution in [3.63, 3.8) is 0 Å². The minimum Gasteiger partial charge on any atom is -0.356 e. The van der Waals surface area contributed by atoms with Crippen molar-refractivity contribution in [2.45, 2.75) is 56.8 Å². The van der Waals surface area contributed by atoms with Crippen molar-refractivity contribution in [2.75, 3.05) is 19.6 Å². The molecule has 1 spiro atoms.